The second-order valence-corrected chi connectivity index (χ2v) is 3.64. The van der Waals surface area contributed by atoms with Crippen LogP contribution < -0.4 is 15.8 Å². The van der Waals surface area contributed by atoms with Crippen LogP contribution in [0.4, 0.5) is 5.82 Å². The highest BCUT2D eigenvalue weighted by molar-refractivity contribution is 5.95. The van der Waals surface area contributed by atoms with Gasteiger partial charge < -0.3 is 20.2 Å². The number of nitrogens with one attached hydrogen (secondary N) is 1. The molecule has 3 N–H and O–H groups in total. The molecule has 1 aromatic heterocycles. The van der Waals surface area contributed by atoms with E-state index in [0.717, 1.165) is 0 Å². The normalized spacial score (nSPS) is 9.95. The maximum absolute atomic E-state index is 11.2. The average Bonchev–Trinajstić information content (AvgIpc) is 2.76. The summed E-state index contributed by atoms with van der Waals surface area (Å²) in [5, 5.41) is 2.43. The lowest BCUT2D eigenvalue weighted by atomic mass is 10.2. The predicted octanol–water partition coefficient (Wildman–Crippen LogP) is 1.52. The topological polar surface area (TPSA) is 107 Å². The lowest BCUT2D eigenvalue weighted by molar-refractivity contribution is -0.114. The Hall–Kier alpha value is -2.83. The number of nitrogens with two attached hydrogens (primary N) is 1. The number of benzene rings is 1. The largest absolute Gasteiger partial charge is 0.415 e. The molecule has 0 saturated heterocycles. The van der Waals surface area contributed by atoms with E-state index < -0.39 is 5.91 Å². The molecule has 19 heavy (non-hydrogen) atoms. The van der Waals surface area contributed by atoms with Gasteiger partial charge in [-0.2, -0.15) is 4.98 Å². The number of anilines is 1. The van der Waals surface area contributed by atoms with Crippen molar-refractivity contribution in [2.45, 2.75) is 6.92 Å². The zero-order valence-electron chi connectivity index (χ0n) is 10.0. The molecule has 0 unspecified atom stereocenters. The summed E-state index contributed by atoms with van der Waals surface area (Å²) in [6.45, 7) is 1.34. The van der Waals surface area contributed by atoms with Gasteiger partial charge in [0, 0.05) is 6.92 Å². The Balaban J connectivity index is 2.19. The first-order chi connectivity index (χ1) is 9.06. The molecule has 2 rings (SSSR count). The fraction of sp³-hybridized carbons (Fsp3) is 0.0833. The van der Waals surface area contributed by atoms with Crippen LogP contribution in [0.5, 0.6) is 11.8 Å². The van der Waals surface area contributed by atoms with E-state index in [0.29, 0.717) is 0 Å². The summed E-state index contributed by atoms with van der Waals surface area (Å²) in [5.74, 6) is -0.452. The Bertz CT molecular complexity index is 621. The van der Waals surface area contributed by atoms with E-state index in [9.17, 15) is 9.59 Å². The minimum Gasteiger partial charge on any atom is -0.415 e. The van der Waals surface area contributed by atoms with E-state index in [4.69, 9.17) is 14.9 Å². The lowest BCUT2D eigenvalue weighted by Crippen LogP contribution is -2.12. The first kappa shape index (κ1) is 12.6. The molecular formula is C12H11N3O4. The Morgan fingerprint density at radius 3 is 2.79 bits per heavy atom. The van der Waals surface area contributed by atoms with Gasteiger partial charge in [0.25, 0.3) is 5.91 Å². The molecule has 0 spiro atoms. The summed E-state index contributed by atoms with van der Waals surface area (Å²) in [4.78, 5) is 25.9. The molecule has 0 aliphatic rings. The summed E-state index contributed by atoms with van der Waals surface area (Å²) in [5.41, 5.74) is 5.42. The van der Waals surface area contributed by atoms with Gasteiger partial charge in [0.1, 0.15) is 12.0 Å². The second-order valence-electron chi connectivity index (χ2n) is 3.64. The Morgan fingerprint density at radius 1 is 1.37 bits per heavy atom. The van der Waals surface area contributed by atoms with Gasteiger partial charge in [0.15, 0.2) is 5.82 Å². The molecule has 0 fully saturated rings. The molecule has 0 aliphatic heterocycles. The number of para-hydroxylation sites is 1. The van der Waals surface area contributed by atoms with Crippen LogP contribution >= 0.6 is 0 Å². The molecule has 2 amide bonds. The molecule has 0 radical (unpaired) electrons. The van der Waals surface area contributed by atoms with Crippen LogP contribution in [0.25, 0.3) is 0 Å². The van der Waals surface area contributed by atoms with Crippen molar-refractivity contribution >= 4 is 17.6 Å². The Kier molecular flexibility index (Phi) is 3.46. The van der Waals surface area contributed by atoms with Crippen LogP contribution in [0.15, 0.2) is 34.9 Å². The summed E-state index contributed by atoms with van der Waals surface area (Å²) < 4.78 is 10.3. The molecular weight excluding hydrogens is 250 g/mol. The minimum atomic E-state index is -0.621. The predicted molar refractivity (Wildman–Crippen MR) is 65.8 cm³/mol. The highest BCUT2D eigenvalue weighted by Crippen LogP contribution is 2.25. The number of ether oxygens (including phenoxy) is 1. The zero-order chi connectivity index (χ0) is 13.8. The smallest absolute Gasteiger partial charge is 0.401 e. The second kappa shape index (κ2) is 5.21. The molecule has 0 atom stereocenters. The monoisotopic (exact) mass is 261 g/mol. The summed E-state index contributed by atoms with van der Waals surface area (Å²) >= 11 is 0. The SMILES string of the molecule is CC(=O)Nc1coc(Oc2ccccc2C(N)=O)n1. The number of carbonyl (C=O) groups is 2. The van der Waals surface area contributed by atoms with Crippen molar-refractivity contribution in [3.8, 4) is 11.8 Å². The van der Waals surface area contributed by atoms with Crippen molar-refractivity contribution < 1.29 is 18.7 Å². The quantitative estimate of drug-likeness (QED) is 0.867. The van der Waals surface area contributed by atoms with Crippen LogP contribution in [0.1, 0.15) is 17.3 Å². The van der Waals surface area contributed by atoms with E-state index in [1.807, 2.05) is 0 Å². The minimum absolute atomic E-state index is 0.0996. The van der Waals surface area contributed by atoms with Crippen LogP contribution in [0.3, 0.4) is 0 Å². The van der Waals surface area contributed by atoms with Crippen LogP contribution in [0, 0.1) is 0 Å². The molecule has 0 bridgehead atoms. The number of primary amides is 1. The molecule has 7 heteroatoms. The fourth-order valence-corrected chi connectivity index (χ4v) is 1.40. The summed E-state index contributed by atoms with van der Waals surface area (Å²) in [6, 6.07) is 6.42. The van der Waals surface area contributed by atoms with Gasteiger partial charge in [0.2, 0.25) is 5.91 Å². The third-order valence-corrected chi connectivity index (χ3v) is 2.14. The van der Waals surface area contributed by atoms with Gasteiger partial charge in [-0.05, 0) is 12.1 Å². The maximum Gasteiger partial charge on any atom is 0.401 e. The lowest BCUT2D eigenvalue weighted by Gasteiger charge is -2.04. The van der Waals surface area contributed by atoms with E-state index in [-0.39, 0.29) is 29.1 Å². The van der Waals surface area contributed by atoms with E-state index in [2.05, 4.69) is 10.3 Å². The zero-order valence-corrected chi connectivity index (χ0v) is 10.0. The van der Waals surface area contributed by atoms with Crippen molar-refractivity contribution in [3.05, 3.63) is 36.1 Å². The van der Waals surface area contributed by atoms with Crippen LogP contribution in [0.2, 0.25) is 0 Å². The summed E-state index contributed by atoms with van der Waals surface area (Å²) in [7, 11) is 0. The average molecular weight is 261 g/mol. The van der Waals surface area contributed by atoms with Crippen LogP contribution in [-0.2, 0) is 4.79 Å². The molecule has 1 aromatic carbocycles. The van der Waals surface area contributed by atoms with Gasteiger partial charge in [-0.3, -0.25) is 9.59 Å². The number of hydrogen-bond donors (Lipinski definition) is 2. The van der Waals surface area contributed by atoms with Crippen molar-refractivity contribution in [1.29, 1.82) is 0 Å². The fourth-order valence-electron chi connectivity index (χ4n) is 1.40. The van der Waals surface area contributed by atoms with Crippen molar-refractivity contribution in [2.24, 2.45) is 5.73 Å². The summed E-state index contributed by atoms with van der Waals surface area (Å²) in [6.07, 6.45) is 1.13. The number of hydrogen-bond acceptors (Lipinski definition) is 5. The Morgan fingerprint density at radius 2 is 2.11 bits per heavy atom. The maximum atomic E-state index is 11.2. The molecule has 2 aromatic rings. The van der Waals surface area contributed by atoms with Crippen LogP contribution in [-0.4, -0.2) is 16.8 Å². The number of nitrogens with zero attached hydrogens (tertiary/aromatic N) is 1. The van der Waals surface area contributed by atoms with Gasteiger partial charge in [0.05, 0.1) is 5.56 Å². The molecule has 98 valence electrons. The highest BCUT2D eigenvalue weighted by atomic mass is 16.6. The third-order valence-electron chi connectivity index (χ3n) is 2.14. The number of amides is 2. The van der Waals surface area contributed by atoms with Gasteiger partial charge in [-0.25, -0.2) is 0 Å². The van der Waals surface area contributed by atoms with Gasteiger partial charge in [-0.1, -0.05) is 12.1 Å². The molecule has 7 nitrogen and oxygen atoms in total. The number of oxazole rings is 1. The van der Waals surface area contributed by atoms with E-state index in [1.54, 1.807) is 18.2 Å². The van der Waals surface area contributed by atoms with E-state index in [1.165, 1.54) is 19.3 Å². The Labute approximate surface area is 108 Å². The third kappa shape index (κ3) is 3.09. The standard InChI is InChI=1S/C12H11N3O4/c1-7(16)14-10-6-18-12(15-10)19-9-5-3-2-4-8(9)11(13)17/h2-6H,1H3,(H2,13,17)(H,14,16). The first-order valence-corrected chi connectivity index (χ1v) is 5.36. The van der Waals surface area contributed by atoms with Gasteiger partial charge in [-0.15, -0.1) is 0 Å². The van der Waals surface area contributed by atoms with Crippen molar-refractivity contribution in [1.82, 2.24) is 4.98 Å². The van der Waals surface area contributed by atoms with Gasteiger partial charge >= 0.3 is 6.08 Å². The van der Waals surface area contributed by atoms with Crippen molar-refractivity contribution in [3.63, 3.8) is 0 Å². The number of carbonyl (C=O) groups excluding carboxylic acids is 2. The molecule has 0 aliphatic carbocycles. The highest BCUT2D eigenvalue weighted by Gasteiger charge is 2.12. The molecule has 1 heterocycles. The van der Waals surface area contributed by atoms with E-state index >= 15 is 0 Å². The molecule has 0 saturated carbocycles. The number of aromatic nitrogens is 1. The first-order valence-electron chi connectivity index (χ1n) is 5.36. The van der Waals surface area contributed by atoms with Crippen molar-refractivity contribution in [2.75, 3.05) is 5.32 Å². The number of rotatable bonds is 4.